The number of methoxy groups -OCH3 is 1. The fraction of sp³-hybridized carbons (Fsp3) is 0.818. The molecule has 2 saturated heterocycles. The van der Waals surface area contributed by atoms with Crippen LogP contribution in [0.3, 0.4) is 0 Å². The molecule has 0 radical (unpaired) electrons. The second-order valence-electron chi connectivity index (χ2n) is 33.7. The smallest absolute Gasteiger partial charge is 0.382 e. The summed E-state index contributed by atoms with van der Waals surface area (Å²) in [6.07, 6.45) is -13.9. The summed E-state index contributed by atoms with van der Waals surface area (Å²) in [5, 5.41) is 8.40. The highest BCUT2D eigenvalue weighted by Gasteiger charge is 2.60. The van der Waals surface area contributed by atoms with Crippen molar-refractivity contribution >= 4 is 70.9 Å². The first-order chi connectivity index (χ1) is 51.8. The lowest BCUT2D eigenvalue weighted by atomic mass is 9.58. The van der Waals surface area contributed by atoms with Crippen LogP contribution in [-0.2, 0) is 67.0 Å². The summed E-state index contributed by atoms with van der Waals surface area (Å²) in [5.41, 5.74) is -2.41. The Morgan fingerprint density at radius 1 is 0.649 bits per heavy atom. The van der Waals surface area contributed by atoms with Gasteiger partial charge in [-0.2, -0.15) is 26.3 Å². The number of nitrogens with zero attached hydrogens (tertiary/aromatic N) is 9. The van der Waals surface area contributed by atoms with E-state index in [0.29, 0.717) is 32.1 Å². The Balaban J connectivity index is 1.35. The summed E-state index contributed by atoms with van der Waals surface area (Å²) >= 11 is 0. The van der Waals surface area contributed by atoms with E-state index in [9.17, 15) is 55.1 Å². The molecule has 6 fully saturated rings. The first-order valence-electron chi connectivity index (χ1n) is 39.3. The maximum Gasteiger partial charge on any atom is 0.397 e. The highest BCUT2D eigenvalue weighted by atomic mass is 19.4. The Kier molecular flexibility index (Phi) is 31.3. The summed E-state index contributed by atoms with van der Waals surface area (Å²) in [6.45, 7) is 8.05. The topological polar surface area (TPSA) is 289 Å². The molecule has 3 N–H and O–H groups in total. The standard InChI is InChI=1S/C77H120F8N12O14/c1-16-45(4)63-71(107)91(10)40-61(100)92(11)54-25-21-18-22-32-96(70(54)106)57(35-46-26-29-49(30-27-46)76(80,81)82)69(105)90(9)39-59(98)86-53(31-28-47-33-51(78)62(52(79)34-47)77(83,84)85)67(103)97-38-50(111-44(2)3)36-55(97)66(102)88-75(42-74(5,6)43-75)73(109)95(14)64(48-23-19-17-20-24-48)72(108)94(13)56(68(104)89(7)8)37-60(99)93(12)58(41-110-15)65(101)87-63/h18,21,44-58,62-64H,16-17,19-20,22-43H2,1-15H3,(H,86,98)(H,87,101)(H,88,102)/b21-18-/t45-,46?,47?,49?,50+,51?,52?,53-,54-,55-,56-,57-,58-,62?,63-,64-/m0/s1. The van der Waals surface area contributed by atoms with Gasteiger partial charge in [0, 0.05) is 83.0 Å². The molecule has 111 heavy (non-hydrogen) atoms. The fourth-order valence-corrected chi connectivity index (χ4v) is 17.9. The van der Waals surface area contributed by atoms with E-state index in [2.05, 4.69) is 16.0 Å². The van der Waals surface area contributed by atoms with Crippen molar-refractivity contribution in [2.24, 2.45) is 40.9 Å². The second-order valence-corrected chi connectivity index (χ2v) is 33.7. The van der Waals surface area contributed by atoms with Crippen molar-refractivity contribution < 1.29 is 102 Å². The van der Waals surface area contributed by atoms with E-state index < -0.39 is 248 Å². The molecule has 2 unspecified atom stereocenters. The normalized spacial score (nSPS) is 32.0. The van der Waals surface area contributed by atoms with Gasteiger partial charge in [0.1, 0.15) is 72.1 Å². The molecule has 4 aliphatic carbocycles. The molecule has 0 aromatic rings. The Morgan fingerprint density at radius 2 is 1.26 bits per heavy atom. The lowest BCUT2D eigenvalue weighted by Gasteiger charge is -2.54. The van der Waals surface area contributed by atoms with E-state index in [-0.39, 0.29) is 83.7 Å². The maximum absolute atomic E-state index is 15.9. The number of rotatable bonds is 13. The van der Waals surface area contributed by atoms with Gasteiger partial charge in [-0.25, -0.2) is 8.78 Å². The number of hydrogen-bond donors (Lipinski definition) is 3. The molecule has 3 heterocycles. The van der Waals surface area contributed by atoms with Crippen LogP contribution >= 0.6 is 0 Å². The lowest BCUT2D eigenvalue weighted by Crippen LogP contribution is -2.71. The van der Waals surface area contributed by atoms with E-state index in [1.54, 1.807) is 39.8 Å². The number of carbonyl (C=O) groups is 12. The SMILES string of the molecule is CC[C@H](C)[C@@H]1NC(=O)[C@H](COC)N(C)C(=O)C[C@@H](C(=O)N(C)C)N(C)C(=O)[C@H](C2CCCCC2)N(C)C(=O)C2(CC(C)(C)C2)NC(=O)[C@@H]2C[C@@H](OC(C)C)CN2C(=O)[C@H](CCC2CC(F)C(C(F)(F)F)C(F)C2)NC(=O)CN(C)C(=O)[C@H](CC2CCC(C(F)(F)F)CC2)N2CC/C=C\C[C@@H](C2=O)N(C)C(=O)CN(C)C1=O. The molecule has 12 amide bonds. The van der Waals surface area contributed by atoms with E-state index >= 15 is 37.5 Å². The zero-order valence-electron chi connectivity index (χ0n) is 67.2. The average Bonchev–Trinajstić information content (AvgIpc) is 1.32. The Labute approximate surface area is 647 Å². The van der Waals surface area contributed by atoms with E-state index in [0.717, 1.165) is 35.8 Å². The molecule has 4 saturated carbocycles. The highest BCUT2D eigenvalue weighted by Crippen LogP contribution is 2.50. The average molecular weight is 1590 g/mol. The van der Waals surface area contributed by atoms with Crippen molar-refractivity contribution in [1.29, 1.82) is 0 Å². The van der Waals surface area contributed by atoms with Crippen molar-refractivity contribution in [1.82, 2.24) is 60.0 Å². The Bertz CT molecular complexity index is 3330. The van der Waals surface area contributed by atoms with Gasteiger partial charge in [0.15, 0.2) is 0 Å². The Hall–Kier alpha value is -7.26. The number of alkyl halides is 8. The van der Waals surface area contributed by atoms with Crippen LogP contribution in [-0.4, -0.2) is 302 Å². The minimum atomic E-state index is -5.23. The van der Waals surface area contributed by atoms with Crippen LogP contribution in [0, 0.1) is 40.9 Å². The van der Waals surface area contributed by atoms with Crippen molar-refractivity contribution in [3.05, 3.63) is 12.2 Å². The summed E-state index contributed by atoms with van der Waals surface area (Å²) in [4.78, 5) is 192. The summed E-state index contributed by atoms with van der Waals surface area (Å²) in [7, 11) is 12.0. The van der Waals surface area contributed by atoms with E-state index in [1.165, 1.54) is 78.2 Å². The van der Waals surface area contributed by atoms with Crippen LogP contribution in [0.4, 0.5) is 35.1 Å². The molecular weight excluding hydrogens is 1470 g/mol. The van der Waals surface area contributed by atoms with Crippen molar-refractivity contribution in [2.45, 2.75) is 267 Å². The molecule has 2 bridgehead atoms. The number of fused-ring (bicyclic) bond motifs is 3. The first kappa shape index (κ1) is 90.9. The van der Waals surface area contributed by atoms with Crippen LogP contribution < -0.4 is 16.0 Å². The van der Waals surface area contributed by atoms with Crippen LogP contribution in [0.1, 0.15) is 176 Å². The van der Waals surface area contributed by atoms with Gasteiger partial charge in [-0.05, 0) is 139 Å². The summed E-state index contributed by atoms with van der Waals surface area (Å²) in [5.74, 6) is -17.3. The molecule has 628 valence electrons. The van der Waals surface area contributed by atoms with Gasteiger partial charge in [0.05, 0.1) is 44.2 Å². The minimum Gasteiger partial charge on any atom is -0.382 e. The van der Waals surface area contributed by atoms with Crippen LogP contribution in [0.5, 0.6) is 0 Å². The first-order valence-corrected chi connectivity index (χ1v) is 39.3. The zero-order chi connectivity index (χ0) is 82.9. The molecule has 7 rings (SSSR count). The fourth-order valence-electron chi connectivity index (χ4n) is 17.9. The molecule has 12 atom stereocenters. The highest BCUT2D eigenvalue weighted by molar-refractivity contribution is 6.01. The molecule has 1 spiro atoms. The number of amides is 12. The van der Waals surface area contributed by atoms with Crippen molar-refractivity contribution in [3.8, 4) is 0 Å². The largest absolute Gasteiger partial charge is 0.397 e. The second kappa shape index (κ2) is 38.3. The molecular formula is C77H120F8N12O14. The van der Waals surface area contributed by atoms with Gasteiger partial charge in [0.25, 0.3) is 0 Å². The molecule has 0 aromatic carbocycles. The zero-order valence-corrected chi connectivity index (χ0v) is 67.2. The summed E-state index contributed by atoms with van der Waals surface area (Å²) < 4.78 is 127. The molecule has 34 heteroatoms. The number of hydrogen-bond acceptors (Lipinski definition) is 14. The third-order valence-corrected chi connectivity index (χ3v) is 24.2. The predicted octanol–water partition coefficient (Wildman–Crippen LogP) is 6.37. The molecule has 3 aliphatic heterocycles. The number of ether oxygens (including phenoxy) is 2. The van der Waals surface area contributed by atoms with E-state index in [4.69, 9.17) is 9.47 Å². The van der Waals surface area contributed by atoms with E-state index in [1.807, 2.05) is 13.8 Å². The van der Waals surface area contributed by atoms with Crippen molar-refractivity contribution in [2.75, 3.05) is 96.3 Å². The van der Waals surface area contributed by atoms with Gasteiger partial charge in [-0.3, -0.25) is 57.5 Å². The lowest BCUT2D eigenvalue weighted by molar-refractivity contribution is -0.219. The van der Waals surface area contributed by atoms with Crippen LogP contribution in [0.2, 0.25) is 0 Å². The number of halogens is 8. The molecule has 0 aromatic heterocycles. The monoisotopic (exact) mass is 1590 g/mol. The minimum absolute atomic E-state index is 0.00236. The quantitative estimate of drug-likeness (QED) is 0.134. The van der Waals surface area contributed by atoms with Crippen LogP contribution in [0.15, 0.2) is 12.2 Å². The molecule has 26 nitrogen and oxygen atoms in total. The number of likely N-dealkylation sites (N-methyl/N-ethyl adjacent to an activating group) is 7. The number of carbonyl (C=O) groups excluding carboxylic acids is 12. The van der Waals surface area contributed by atoms with Gasteiger partial charge in [-0.1, -0.05) is 65.5 Å². The van der Waals surface area contributed by atoms with Crippen LogP contribution in [0.25, 0.3) is 0 Å². The Morgan fingerprint density at radius 3 is 1.82 bits per heavy atom. The summed E-state index contributed by atoms with van der Waals surface area (Å²) in [6, 6.07) is -11.8. The number of nitrogens with one attached hydrogen (secondary N) is 3. The maximum atomic E-state index is 15.9. The van der Waals surface area contributed by atoms with Gasteiger partial charge >= 0.3 is 12.4 Å². The third-order valence-electron chi connectivity index (χ3n) is 24.2. The van der Waals surface area contributed by atoms with Crippen molar-refractivity contribution in [3.63, 3.8) is 0 Å². The third kappa shape index (κ3) is 22.4. The van der Waals surface area contributed by atoms with Gasteiger partial charge < -0.3 is 69.5 Å². The predicted molar refractivity (Wildman–Crippen MR) is 392 cm³/mol. The molecule has 7 aliphatic rings. The van der Waals surface area contributed by atoms with Gasteiger partial charge in [-0.15, -0.1) is 0 Å². The van der Waals surface area contributed by atoms with Gasteiger partial charge in [0.2, 0.25) is 70.9 Å².